The summed E-state index contributed by atoms with van der Waals surface area (Å²) in [7, 11) is 0. The van der Waals surface area contributed by atoms with Crippen LogP contribution in [0, 0.1) is 5.82 Å². The normalized spacial score (nSPS) is 17.0. The van der Waals surface area contributed by atoms with Crippen molar-refractivity contribution in [3.05, 3.63) is 59.4 Å². The molecule has 3 rings (SSSR count). The minimum atomic E-state index is -4.79. The highest BCUT2D eigenvalue weighted by Crippen LogP contribution is 2.37. The Balaban J connectivity index is 1.94. The van der Waals surface area contributed by atoms with Crippen molar-refractivity contribution in [2.75, 3.05) is 6.54 Å². The van der Waals surface area contributed by atoms with Gasteiger partial charge in [-0.3, -0.25) is 9.59 Å². The highest BCUT2D eigenvalue weighted by Gasteiger charge is 2.37. The average Bonchev–Trinajstić information content (AvgIpc) is 2.62. The van der Waals surface area contributed by atoms with E-state index in [-0.39, 0.29) is 23.8 Å². The van der Waals surface area contributed by atoms with Crippen LogP contribution in [0.5, 0.6) is 11.5 Å². The maximum atomic E-state index is 13.5. The van der Waals surface area contributed by atoms with Gasteiger partial charge in [0.05, 0.1) is 11.1 Å². The second-order valence-corrected chi connectivity index (χ2v) is 6.25. The monoisotopic (exact) mass is 396 g/mol. The van der Waals surface area contributed by atoms with Crippen LogP contribution in [0.3, 0.4) is 0 Å². The molecule has 2 amide bonds. The predicted octanol–water partition coefficient (Wildman–Crippen LogP) is 3.65. The fourth-order valence-corrected chi connectivity index (χ4v) is 2.88. The number of amides is 2. The molecule has 1 saturated heterocycles. The summed E-state index contributed by atoms with van der Waals surface area (Å²) in [5, 5.41) is 5.06. The number of benzene rings is 2. The van der Waals surface area contributed by atoms with Crippen molar-refractivity contribution in [1.82, 2.24) is 10.6 Å². The summed E-state index contributed by atoms with van der Waals surface area (Å²) >= 11 is 0. The van der Waals surface area contributed by atoms with Gasteiger partial charge >= 0.3 is 6.18 Å². The maximum absolute atomic E-state index is 13.5. The first-order valence-electron chi connectivity index (χ1n) is 8.45. The molecule has 2 N–H and O–H groups in total. The lowest BCUT2D eigenvalue weighted by atomic mass is 10.0. The fourth-order valence-electron chi connectivity index (χ4n) is 2.88. The predicted molar refractivity (Wildman–Crippen MR) is 91.4 cm³/mol. The lowest BCUT2D eigenvalue weighted by Crippen LogP contribution is -2.45. The first-order chi connectivity index (χ1) is 13.2. The van der Waals surface area contributed by atoms with Gasteiger partial charge in [0.1, 0.15) is 17.3 Å². The van der Waals surface area contributed by atoms with Gasteiger partial charge in [-0.05, 0) is 42.8 Å². The molecule has 1 aliphatic heterocycles. The molecular formula is C19H16F4N2O3. The Bertz CT molecular complexity index is 882. The van der Waals surface area contributed by atoms with Crippen LogP contribution in [-0.2, 0) is 11.0 Å². The lowest BCUT2D eigenvalue weighted by molar-refractivity contribution is -0.138. The summed E-state index contributed by atoms with van der Waals surface area (Å²) in [5.74, 6) is -2.07. The van der Waals surface area contributed by atoms with Crippen LogP contribution in [0.4, 0.5) is 17.6 Å². The van der Waals surface area contributed by atoms with Crippen molar-refractivity contribution >= 4 is 11.8 Å². The van der Waals surface area contributed by atoms with Crippen molar-refractivity contribution in [1.29, 1.82) is 0 Å². The smallest absolute Gasteiger partial charge is 0.417 e. The Hall–Kier alpha value is -3.10. The molecule has 148 valence electrons. The number of carbonyl (C=O) groups excluding carboxylic acids is 2. The van der Waals surface area contributed by atoms with Gasteiger partial charge in [0.15, 0.2) is 0 Å². The Morgan fingerprint density at radius 3 is 2.50 bits per heavy atom. The molecule has 0 aromatic heterocycles. The molecule has 5 nitrogen and oxygen atoms in total. The third-order valence-electron chi connectivity index (χ3n) is 4.18. The molecule has 0 saturated carbocycles. The van der Waals surface area contributed by atoms with Crippen LogP contribution in [0.25, 0.3) is 0 Å². The molecule has 2 aromatic carbocycles. The lowest BCUT2D eigenvalue weighted by Gasteiger charge is -2.24. The first-order valence-corrected chi connectivity index (χ1v) is 8.45. The number of hydrogen-bond donors (Lipinski definition) is 2. The van der Waals surface area contributed by atoms with Crippen molar-refractivity contribution in [2.24, 2.45) is 0 Å². The van der Waals surface area contributed by atoms with Crippen LogP contribution >= 0.6 is 0 Å². The quantitative estimate of drug-likeness (QED) is 0.776. The van der Waals surface area contributed by atoms with E-state index in [1.807, 2.05) is 0 Å². The van der Waals surface area contributed by atoms with Gasteiger partial charge in [-0.1, -0.05) is 6.07 Å². The second kappa shape index (κ2) is 7.87. The highest BCUT2D eigenvalue weighted by molar-refractivity contribution is 5.99. The van der Waals surface area contributed by atoms with E-state index in [1.165, 1.54) is 18.2 Å². The summed E-state index contributed by atoms with van der Waals surface area (Å²) < 4.78 is 58.9. The second-order valence-electron chi connectivity index (χ2n) is 6.25. The van der Waals surface area contributed by atoms with E-state index in [0.717, 1.165) is 24.3 Å². The third kappa shape index (κ3) is 4.59. The third-order valence-corrected chi connectivity index (χ3v) is 4.18. The molecule has 28 heavy (non-hydrogen) atoms. The number of alkyl halides is 3. The Kier molecular flexibility index (Phi) is 5.53. The van der Waals surface area contributed by atoms with Crippen molar-refractivity contribution in [3.63, 3.8) is 0 Å². The first kappa shape index (κ1) is 19.7. The molecule has 0 bridgehead atoms. The molecule has 0 spiro atoms. The van der Waals surface area contributed by atoms with E-state index in [4.69, 9.17) is 4.74 Å². The SMILES string of the molecule is O=C1CC(NC(=O)c2c(Oc3ccc(F)cc3)cccc2C(F)(F)F)CCN1. The number of hydrogen-bond acceptors (Lipinski definition) is 3. The van der Waals surface area contributed by atoms with Crippen molar-refractivity contribution in [3.8, 4) is 11.5 Å². The standard InChI is InChI=1S/C19H16F4N2O3/c20-11-4-6-13(7-5-11)28-15-3-1-2-14(19(21,22)23)17(15)18(27)25-12-8-9-24-16(26)10-12/h1-7,12H,8-10H2,(H,24,26)(H,25,27). The van der Waals surface area contributed by atoms with Gasteiger partial charge in [0.25, 0.3) is 5.91 Å². The van der Waals surface area contributed by atoms with Gasteiger partial charge in [-0.15, -0.1) is 0 Å². The summed E-state index contributed by atoms with van der Waals surface area (Å²) in [6.07, 6.45) is -4.41. The van der Waals surface area contributed by atoms with Gasteiger partial charge in [-0.25, -0.2) is 4.39 Å². The zero-order chi connectivity index (χ0) is 20.3. The van der Waals surface area contributed by atoms with Crippen molar-refractivity contribution in [2.45, 2.75) is 25.1 Å². The number of carbonyl (C=O) groups is 2. The minimum absolute atomic E-state index is 0.0198. The van der Waals surface area contributed by atoms with Crippen LogP contribution in [0.15, 0.2) is 42.5 Å². The summed E-state index contributed by atoms with van der Waals surface area (Å²) in [5.41, 5.74) is -1.85. The fraction of sp³-hybridized carbons (Fsp3) is 0.263. The molecule has 1 fully saturated rings. The summed E-state index contributed by atoms with van der Waals surface area (Å²) in [4.78, 5) is 24.1. The molecule has 1 heterocycles. The molecule has 0 aliphatic carbocycles. The number of rotatable bonds is 4. The molecule has 0 radical (unpaired) electrons. The van der Waals surface area contributed by atoms with E-state index >= 15 is 0 Å². The van der Waals surface area contributed by atoms with Gasteiger partial charge < -0.3 is 15.4 Å². The Morgan fingerprint density at radius 1 is 1.14 bits per heavy atom. The number of piperidine rings is 1. The van der Waals surface area contributed by atoms with Crippen LogP contribution in [-0.4, -0.2) is 24.4 Å². The van der Waals surface area contributed by atoms with E-state index < -0.39 is 35.1 Å². The molecular weight excluding hydrogens is 380 g/mol. The van der Waals surface area contributed by atoms with E-state index in [9.17, 15) is 27.2 Å². The zero-order valence-corrected chi connectivity index (χ0v) is 14.5. The van der Waals surface area contributed by atoms with E-state index in [1.54, 1.807) is 0 Å². The van der Waals surface area contributed by atoms with Gasteiger partial charge in [0, 0.05) is 19.0 Å². The highest BCUT2D eigenvalue weighted by atomic mass is 19.4. The number of nitrogens with one attached hydrogen (secondary N) is 2. The topological polar surface area (TPSA) is 67.4 Å². The van der Waals surface area contributed by atoms with E-state index in [0.29, 0.717) is 13.0 Å². The van der Waals surface area contributed by atoms with Gasteiger partial charge in [0.2, 0.25) is 5.91 Å². The Labute approximate surface area is 157 Å². The van der Waals surface area contributed by atoms with Crippen LogP contribution in [0.2, 0.25) is 0 Å². The molecule has 9 heteroatoms. The van der Waals surface area contributed by atoms with Crippen LogP contribution < -0.4 is 15.4 Å². The zero-order valence-electron chi connectivity index (χ0n) is 14.5. The molecule has 2 aromatic rings. The maximum Gasteiger partial charge on any atom is 0.417 e. The number of ether oxygens (including phenoxy) is 1. The molecule has 1 aliphatic rings. The van der Waals surface area contributed by atoms with Gasteiger partial charge in [-0.2, -0.15) is 13.2 Å². The largest absolute Gasteiger partial charge is 0.457 e. The minimum Gasteiger partial charge on any atom is -0.457 e. The Morgan fingerprint density at radius 2 is 1.86 bits per heavy atom. The number of halogens is 4. The van der Waals surface area contributed by atoms with Crippen LogP contribution in [0.1, 0.15) is 28.8 Å². The molecule has 1 atom stereocenters. The van der Waals surface area contributed by atoms with Crippen molar-refractivity contribution < 1.29 is 31.9 Å². The molecule has 1 unspecified atom stereocenters. The summed E-state index contributed by atoms with van der Waals surface area (Å²) in [6.45, 7) is 0.323. The summed E-state index contributed by atoms with van der Waals surface area (Å²) in [6, 6.07) is 7.19. The average molecular weight is 396 g/mol. The van der Waals surface area contributed by atoms with E-state index in [2.05, 4.69) is 10.6 Å².